The number of carbonyl (C=O) groups excluding carboxylic acids is 1. The summed E-state index contributed by atoms with van der Waals surface area (Å²) >= 11 is 12.4. The lowest BCUT2D eigenvalue weighted by molar-refractivity contribution is -0.108. The van der Waals surface area contributed by atoms with E-state index in [4.69, 9.17) is 28.2 Å². The third-order valence-corrected chi connectivity index (χ3v) is 10.6. The van der Waals surface area contributed by atoms with Crippen LogP contribution in [0, 0.1) is 23.2 Å². The van der Waals surface area contributed by atoms with Gasteiger partial charge >= 0.3 is 0 Å². The molecule has 1 unspecified atom stereocenters. The van der Waals surface area contributed by atoms with E-state index in [0.717, 1.165) is 61.5 Å². The summed E-state index contributed by atoms with van der Waals surface area (Å²) in [7, 11) is 0. The molecule has 4 aliphatic rings. The topological polar surface area (TPSA) is 68.8 Å². The van der Waals surface area contributed by atoms with E-state index in [1.165, 1.54) is 6.42 Å². The number of piperazine rings is 1. The fourth-order valence-electron chi connectivity index (χ4n) is 7.12. The average Bonchev–Trinajstić information content (AvgIpc) is 2.94. The second-order valence-corrected chi connectivity index (χ2v) is 13.8. The summed E-state index contributed by atoms with van der Waals surface area (Å²) in [5.41, 5.74) is 3.00. The molecule has 2 aromatic carbocycles. The molecule has 6 atom stereocenters. The predicted octanol–water partition coefficient (Wildman–Crippen LogP) is 6.88. The lowest BCUT2D eigenvalue weighted by Gasteiger charge is -2.61. The molecule has 2 aromatic rings. The van der Waals surface area contributed by atoms with Crippen molar-refractivity contribution in [2.24, 2.45) is 28.2 Å². The molecular weight excluding hydrogens is 553 g/mol. The van der Waals surface area contributed by atoms with Crippen molar-refractivity contribution in [2.45, 2.75) is 78.4 Å². The van der Waals surface area contributed by atoms with Crippen molar-refractivity contribution >= 4 is 40.8 Å². The van der Waals surface area contributed by atoms with Crippen molar-refractivity contribution in [3.8, 4) is 0 Å². The molecule has 6 rings (SSSR count). The van der Waals surface area contributed by atoms with Gasteiger partial charge in [0, 0.05) is 53.0 Å². The molecule has 41 heavy (non-hydrogen) atoms. The summed E-state index contributed by atoms with van der Waals surface area (Å²) in [6.07, 6.45) is 3.96. The van der Waals surface area contributed by atoms with Gasteiger partial charge in [-0.1, -0.05) is 57.0 Å². The number of rotatable bonds is 7. The third-order valence-electron chi connectivity index (χ3n) is 9.98. The zero-order valence-electron chi connectivity index (χ0n) is 25.0. The molecule has 222 valence electrons. The lowest BCUT2D eigenvalue weighted by Crippen LogP contribution is -2.57. The number of hydrogen-bond acceptors (Lipinski definition) is 3. The third kappa shape index (κ3) is 6.71. The Morgan fingerprint density at radius 3 is 2.54 bits per heavy atom. The minimum Gasteiger partial charge on any atom is -0.349 e. The Kier molecular flexibility index (Phi) is 9.22. The SMILES string of the molecule is CCC(Cc1ccc(Cl)cc1Cl)NC(=O)c1ccc(NC(=N[C@H]2C[C@@H]3C[C@@H]([C@H]2C)C3(C)C)N2CCN[C@@H](C)C2)cc1. The number of carbonyl (C=O) groups is 1. The zero-order chi connectivity index (χ0) is 29.3. The number of guanidine groups is 1. The first kappa shape index (κ1) is 30.2. The quantitative estimate of drug-likeness (QED) is 0.240. The molecule has 3 aliphatic carbocycles. The fraction of sp³-hybridized carbons (Fsp3) is 0.576. The smallest absolute Gasteiger partial charge is 0.251 e. The van der Waals surface area contributed by atoms with Crippen LogP contribution in [0.3, 0.4) is 0 Å². The average molecular weight is 599 g/mol. The van der Waals surface area contributed by atoms with Crippen molar-refractivity contribution in [3.05, 3.63) is 63.6 Å². The minimum absolute atomic E-state index is 0.0268. The van der Waals surface area contributed by atoms with Gasteiger partial charge in [-0.3, -0.25) is 4.79 Å². The second kappa shape index (κ2) is 12.5. The Morgan fingerprint density at radius 2 is 1.90 bits per heavy atom. The van der Waals surface area contributed by atoms with Crippen LogP contribution in [-0.4, -0.2) is 54.5 Å². The Hall–Kier alpha value is -2.28. The van der Waals surface area contributed by atoms with Gasteiger partial charge in [-0.2, -0.15) is 0 Å². The van der Waals surface area contributed by atoms with Gasteiger partial charge in [-0.25, -0.2) is 4.99 Å². The molecule has 8 heteroatoms. The maximum Gasteiger partial charge on any atom is 0.251 e. The van der Waals surface area contributed by atoms with Gasteiger partial charge in [0.05, 0.1) is 6.04 Å². The van der Waals surface area contributed by atoms with E-state index in [0.29, 0.717) is 45.4 Å². The molecule has 2 bridgehead atoms. The van der Waals surface area contributed by atoms with E-state index in [-0.39, 0.29) is 11.9 Å². The summed E-state index contributed by atoms with van der Waals surface area (Å²) in [5.74, 6) is 2.96. The molecular formula is C33H45Cl2N5O. The van der Waals surface area contributed by atoms with Gasteiger partial charge in [0.15, 0.2) is 5.96 Å². The molecule has 1 heterocycles. The Labute approximate surface area is 255 Å². The predicted molar refractivity (Wildman–Crippen MR) is 171 cm³/mol. The van der Waals surface area contributed by atoms with Crippen molar-refractivity contribution < 1.29 is 4.79 Å². The minimum atomic E-state index is -0.0869. The number of nitrogens with zero attached hydrogens (tertiary/aromatic N) is 2. The lowest BCUT2D eigenvalue weighted by atomic mass is 9.45. The van der Waals surface area contributed by atoms with E-state index in [1.807, 2.05) is 36.4 Å². The normalized spacial score (nSPS) is 28.0. The van der Waals surface area contributed by atoms with Gasteiger partial charge in [-0.05, 0) is 97.7 Å². The molecule has 0 aromatic heterocycles. The highest BCUT2D eigenvalue weighted by Crippen LogP contribution is 2.61. The standard InChI is InChI=1S/C33H45Cl2N5O/c1-6-26(15-23-7-10-25(34)18-29(23)35)37-31(41)22-8-11-27(12-9-22)38-32(40-14-13-36-20(2)19-40)39-30-17-24-16-28(21(30)3)33(24,4)5/h7-12,18,20-21,24,26,28,30,36H,6,13-17,19H2,1-5H3,(H,37,41)(H,38,39)/t20-,21+,24-,26?,28-,30-/m0/s1. The first-order valence-corrected chi connectivity index (χ1v) is 16.0. The number of fused-ring (bicyclic) bond motifs is 2. The van der Waals surface area contributed by atoms with Gasteiger partial charge in [0.1, 0.15) is 0 Å². The summed E-state index contributed by atoms with van der Waals surface area (Å²) in [6.45, 7) is 14.3. The Morgan fingerprint density at radius 1 is 1.15 bits per heavy atom. The van der Waals surface area contributed by atoms with Crippen LogP contribution in [-0.2, 0) is 6.42 Å². The molecule has 0 radical (unpaired) electrons. The fourth-order valence-corrected chi connectivity index (χ4v) is 7.61. The molecule has 1 aliphatic heterocycles. The largest absolute Gasteiger partial charge is 0.349 e. The summed E-state index contributed by atoms with van der Waals surface area (Å²) < 4.78 is 0. The van der Waals surface area contributed by atoms with Crippen LogP contribution in [0.4, 0.5) is 5.69 Å². The van der Waals surface area contributed by atoms with Crippen molar-refractivity contribution in [1.29, 1.82) is 0 Å². The number of anilines is 1. The molecule has 3 N–H and O–H groups in total. The maximum absolute atomic E-state index is 13.1. The summed E-state index contributed by atoms with van der Waals surface area (Å²) in [6, 6.07) is 14.0. The number of amides is 1. The van der Waals surface area contributed by atoms with Crippen LogP contribution >= 0.6 is 23.2 Å². The van der Waals surface area contributed by atoms with Gasteiger partial charge in [-0.15, -0.1) is 0 Å². The van der Waals surface area contributed by atoms with Gasteiger partial charge in [0.2, 0.25) is 0 Å². The molecule has 6 nitrogen and oxygen atoms in total. The molecule has 0 spiro atoms. The number of aliphatic imine (C=N–C) groups is 1. The number of hydrogen-bond donors (Lipinski definition) is 3. The van der Waals surface area contributed by atoms with E-state index >= 15 is 0 Å². The number of benzene rings is 2. The van der Waals surface area contributed by atoms with E-state index < -0.39 is 0 Å². The maximum atomic E-state index is 13.1. The summed E-state index contributed by atoms with van der Waals surface area (Å²) in [5, 5.41) is 11.6. The Bertz CT molecular complexity index is 1260. The van der Waals surface area contributed by atoms with Crippen LogP contribution in [0.1, 0.15) is 69.8 Å². The zero-order valence-corrected chi connectivity index (χ0v) is 26.5. The second-order valence-electron chi connectivity index (χ2n) is 13.0. The van der Waals surface area contributed by atoms with Crippen molar-refractivity contribution in [2.75, 3.05) is 25.0 Å². The van der Waals surface area contributed by atoms with E-state index in [2.05, 4.69) is 55.5 Å². The van der Waals surface area contributed by atoms with Crippen LogP contribution in [0.5, 0.6) is 0 Å². The first-order chi connectivity index (χ1) is 19.5. The molecule has 4 fully saturated rings. The van der Waals surface area contributed by atoms with E-state index in [1.54, 1.807) is 6.07 Å². The number of nitrogens with one attached hydrogen (secondary N) is 3. The van der Waals surface area contributed by atoms with Crippen LogP contribution in [0.25, 0.3) is 0 Å². The highest BCUT2D eigenvalue weighted by Gasteiger charge is 2.56. The van der Waals surface area contributed by atoms with Crippen molar-refractivity contribution in [3.63, 3.8) is 0 Å². The van der Waals surface area contributed by atoms with Crippen LogP contribution in [0.15, 0.2) is 47.5 Å². The summed E-state index contributed by atoms with van der Waals surface area (Å²) in [4.78, 5) is 20.9. The highest BCUT2D eigenvalue weighted by molar-refractivity contribution is 6.35. The highest BCUT2D eigenvalue weighted by atomic mass is 35.5. The Balaban J connectivity index is 1.27. The monoisotopic (exact) mass is 597 g/mol. The van der Waals surface area contributed by atoms with E-state index in [9.17, 15) is 4.79 Å². The molecule has 1 amide bonds. The first-order valence-electron chi connectivity index (χ1n) is 15.2. The number of halogens is 2. The molecule has 3 saturated carbocycles. The molecule has 1 saturated heterocycles. The van der Waals surface area contributed by atoms with Crippen molar-refractivity contribution in [1.82, 2.24) is 15.5 Å². The van der Waals surface area contributed by atoms with Gasteiger partial charge in [0.25, 0.3) is 5.91 Å². The van der Waals surface area contributed by atoms with Crippen LogP contribution in [0.2, 0.25) is 10.0 Å². The van der Waals surface area contributed by atoms with Crippen LogP contribution < -0.4 is 16.0 Å². The van der Waals surface area contributed by atoms with Gasteiger partial charge < -0.3 is 20.9 Å².